The lowest BCUT2D eigenvalue weighted by Gasteiger charge is -2.07. The Bertz CT molecular complexity index is 549. The van der Waals surface area contributed by atoms with E-state index < -0.39 is 10.0 Å². The summed E-state index contributed by atoms with van der Waals surface area (Å²) in [6.45, 7) is 0. The van der Waals surface area contributed by atoms with E-state index in [4.69, 9.17) is 5.14 Å². The summed E-state index contributed by atoms with van der Waals surface area (Å²) in [5.41, 5.74) is 0. The molecular weight excluding hydrogens is 288 g/mol. The first-order valence-corrected chi connectivity index (χ1v) is 8.47. The number of nitrogens with one attached hydrogen (secondary N) is 1. The molecule has 1 aromatic rings. The number of hydrogen-bond donors (Lipinski definition) is 2. The molecule has 9 heteroatoms. The zero-order chi connectivity index (χ0) is 13.9. The molecule has 1 fully saturated rings. The lowest BCUT2D eigenvalue weighted by molar-refractivity contribution is -0.116. The predicted molar refractivity (Wildman–Crippen MR) is 71.1 cm³/mol. The highest BCUT2D eigenvalue weighted by atomic mass is 32.2. The van der Waals surface area contributed by atoms with Gasteiger partial charge in [0.1, 0.15) is 0 Å². The predicted octanol–water partition coefficient (Wildman–Crippen LogP) is 1.09. The van der Waals surface area contributed by atoms with Crippen molar-refractivity contribution in [1.82, 2.24) is 10.2 Å². The van der Waals surface area contributed by atoms with Crippen LogP contribution in [0.1, 0.15) is 38.5 Å². The number of carbonyl (C=O) groups excluding carboxylic acids is 1. The fourth-order valence-electron chi connectivity index (χ4n) is 2.19. The topological polar surface area (TPSA) is 115 Å². The number of amides is 1. The van der Waals surface area contributed by atoms with Crippen molar-refractivity contribution in [3.63, 3.8) is 0 Å². The Labute approximate surface area is 115 Å². The summed E-state index contributed by atoms with van der Waals surface area (Å²) >= 11 is 0.759. The molecule has 0 atom stereocenters. The van der Waals surface area contributed by atoms with E-state index in [1.165, 1.54) is 25.7 Å². The van der Waals surface area contributed by atoms with Crippen LogP contribution in [0.2, 0.25) is 0 Å². The summed E-state index contributed by atoms with van der Waals surface area (Å²) in [6, 6.07) is 0. The Morgan fingerprint density at radius 3 is 2.63 bits per heavy atom. The number of nitrogens with zero attached hydrogens (tertiary/aromatic N) is 2. The second kappa shape index (κ2) is 5.93. The van der Waals surface area contributed by atoms with E-state index in [1.807, 2.05) is 0 Å². The van der Waals surface area contributed by atoms with Gasteiger partial charge in [-0.1, -0.05) is 37.0 Å². The molecule has 0 saturated heterocycles. The Morgan fingerprint density at radius 1 is 1.37 bits per heavy atom. The number of aromatic nitrogens is 2. The molecular formula is C10H16N4O3S2. The molecule has 106 valence electrons. The molecule has 1 aliphatic rings. The minimum atomic E-state index is -3.85. The number of nitrogens with two attached hydrogens (primary N) is 1. The monoisotopic (exact) mass is 304 g/mol. The summed E-state index contributed by atoms with van der Waals surface area (Å²) in [4.78, 5) is 11.7. The third-order valence-electron chi connectivity index (χ3n) is 3.15. The lowest BCUT2D eigenvalue weighted by atomic mass is 10.0. The number of sulfonamides is 1. The molecule has 3 N–H and O–H groups in total. The Kier molecular flexibility index (Phi) is 4.48. The van der Waals surface area contributed by atoms with E-state index in [9.17, 15) is 13.2 Å². The van der Waals surface area contributed by atoms with Gasteiger partial charge in [-0.3, -0.25) is 4.79 Å². The molecule has 7 nitrogen and oxygen atoms in total. The fraction of sp³-hybridized carbons (Fsp3) is 0.700. The first-order chi connectivity index (χ1) is 8.95. The van der Waals surface area contributed by atoms with Crippen LogP contribution < -0.4 is 10.5 Å². The summed E-state index contributed by atoms with van der Waals surface area (Å²) in [5, 5.41) is 14.6. The van der Waals surface area contributed by atoms with E-state index >= 15 is 0 Å². The van der Waals surface area contributed by atoms with E-state index in [0.29, 0.717) is 12.3 Å². The minimum absolute atomic E-state index is 0.163. The van der Waals surface area contributed by atoms with E-state index in [2.05, 4.69) is 15.5 Å². The van der Waals surface area contributed by atoms with Crippen LogP contribution in [0, 0.1) is 5.92 Å². The molecule has 1 saturated carbocycles. The molecule has 1 aliphatic carbocycles. The summed E-state index contributed by atoms with van der Waals surface area (Å²) in [7, 11) is -3.85. The van der Waals surface area contributed by atoms with Crippen LogP contribution in [0.5, 0.6) is 0 Å². The van der Waals surface area contributed by atoms with E-state index in [1.54, 1.807) is 0 Å². The van der Waals surface area contributed by atoms with Crippen LogP contribution in [0.3, 0.4) is 0 Å². The normalized spacial score (nSPS) is 16.7. The van der Waals surface area contributed by atoms with Crippen LogP contribution in [0.25, 0.3) is 0 Å². The molecule has 0 bridgehead atoms. The first-order valence-electron chi connectivity index (χ1n) is 6.11. The maximum Gasteiger partial charge on any atom is 0.267 e. The van der Waals surface area contributed by atoms with Gasteiger partial charge in [-0.15, -0.1) is 10.2 Å². The molecule has 0 aliphatic heterocycles. The van der Waals surface area contributed by atoms with Crippen LogP contribution in [-0.4, -0.2) is 24.5 Å². The van der Waals surface area contributed by atoms with E-state index in [-0.39, 0.29) is 15.4 Å². The number of primary sulfonamides is 1. The molecule has 0 unspecified atom stereocenters. The first kappa shape index (κ1) is 14.4. The second-order valence-electron chi connectivity index (χ2n) is 4.66. The van der Waals surface area contributed by atoms with Crippen LogP contribution in [0.4, 0.5) is 5.13 Å². The van der Waals surface area contributed by atoms with Crippen LogP contribution in [0.15, 0.2) is 4.34 Å². The maximum absolute atomic E-state index is 11.7. The maximum atomic E-state index is 11.7. The highest BCUT2D eigenvalue weighted by Crippen LogP contribution is 2.28. The average Bonchev–Trinajstić information content (AvgIpc) is 2.95. The average molecular weight is 304 g/mol. The van der Waals surface area contributed by atoms with Gasteiger partial charge in [-0.2, -0.15) is 0 Å². The SMILES string of the molecule is NS(=O)(=O)c1nnc(NC(=O)CCC2CCCC2)s1. The third-order valence-corrected chi connectivity index (χ3v) is 5.30. The van der Waals surface area contributed by atoms with Crippen molar-refractivity contribution in [2.24, 2.45) is 11.1 Å². The zero-order valence-electron chi connectivity index (χ0n) is 10.3. The van der Waals surface area contributed by atoms with Gasteiger partial charge in [-0.05, 0) is 12.3 Å². The van der Waals surface area contributed by atoms with Gasteiger partial charge >= 0.3 is 0 Å². The van der Waals surface area contributed by atoms with Gasteiger partial charge in [-0.25, -0.2) is 13.6 Å². The third kappa shape index (κ3) is 4.22. The van der Waals surface area contributed by atoms with Gasteiger partial charge in [0.15, 0.2) is 0 Å². The summed E-state index contributed by atoms with van der Waals surface area (Å²) in [5.74, 6) is 0.476. The Hall–Kier alpha value is -1.06. The standard InChI is InChI=1S/C10H16N4O3S2/c11-19(16,17)10-14-13-9(18-10)12-8(15)6-5-7-3-1-2-4-7/h7H,1-6H2,(H2,11,16,17)(H,12,13,15). The molecule has 2 rings (SSSR count). The van der Waals surface area contributed by atoms with Gasteiger partial charge in [0.2, 0.25) is 15.4 Å². The smallest absolute Gasteiger partial charge is 0.267 e. The fourth-order valence-corrected chi connectivity index (χ4v) is 3.54. The minimum Gasteiger partial charge on any atom is -0.301 e. The van der Waals surface area contributed by atoms with Crippen molar-refractivity contribution in [1.29, 1.82) is 0 Å². The molecule has 1 amide bonds. The van der Waals surface area contributed by atoms with Crippen molar-refractivity contribution >= 4 is 32.4 Å². The Balaban J connectivity index is 1.83. The summed E-state index contributed by atoms with van der Waals surface area (Å²) in [6.07, 6.45) is 6.19. The molecule has 0 radical (unpaired) electrons. The van der Waals surface area contributed by atoms with Crippen molar-refractivity contribution in [3.05, 3.63) is 0 Å². The van der Waals surface area contributed by atoms with Crippen LogP contribution >= 0.6 is 11.3 Å². The molecule has 19 heavy (non-hydrogen) atoms. The van der Waals surface area contributed by atoms with Gasteiger partial charge in [0.25, 0.3) is 10.0 Å². The highest BCUT2D eigenvalue weighted by Gasteiger charge is 2.18. The lowest BCUT2D eigenvalue weighted by Crippen LogP contribution is -2.12. The van der Waals surface area contributed by atoms with Crippen molar-refractivity contribution in [2.45, 2.75) is 42.9 Å². The second-order valence-corrected chi connectivity index (χ2v) is 7.37. The van der Waals surface area contributed by atoms with E-state index in [0.717, 1.165) is 17.8 Å². The number of rotatable bonds is 5. The highest BCUT2D eigenvalue weighted by molar-refractivity contribution is 7.91. The van der Waals surface area contributed by atoms with Gasteiger partial charge in [0, 0.05) is 6.42 Å². The van der Waals surface area contributed by atoms with Crippen molar-refractivity contribution in [2.75, 3.05) is 5.32 Å². The molecule has 1 aromatic heterocycles. The number of carbonyl (C=O) groups is 1. The summed E-state index contributed by atoms with van der Waals surface area (Å²) < 4.78 is 21.7. The van der Waals surface area contributed by atoms with Crippen molar-refractivity contribution in [3.8, 4) is 0 Å². The van der Waals surface area contributed by atoms with Gasteiger partial charge in [0.05, 0.1) is 0 Å². The molecule has 0 spiro atoms. The number of anilines is 1. The largest absolute Gasteiger partial charge is 0.301 e. The van der Waals surface area contributed by atoms with Gasteiger partial charge < -0.3 is 5.32 Å². The Morgan fingerprint density at radius 2 is 2.05 bits per heavy atom. The zero-order valence-corrected chi connectivity index (χ0v) is 12.0. The van der Waals surface area contributed by atoms with Crippen molar-refractivity contribution < 1.29 is 13.2 Å². The quantitative estimate of drug-likeness (QED) is 0.790. The molecule has 0 aromatic carbocycles. The number of hydrogen-bond acceptors (Lipinski definition) is 6. The molecule has 1 heterocycles. The van der Waals surface area contributed by atoms with Crippen LogP contribution in [-0.2, 0) is 14.8 Å².